The van der Waals surface area contributed by atoms with Crippen LogP contribution in [0.2, 0.25) is 0 Å². The van der Waals surface area contributed by atoms with Crippen LogP contribution in [0.1, 0.15) is 22.6 Å². The van der Waals surface area contributed by atoms with E-state index in [2.05, 4.69) is 19.5 Å². The molecule has 118 valence electrons. The van der Waals surface area contributed by atoms with Crippen LogP contribution in [0.3, 0.4) is 0 Å². The van der Waals surface area contributed by atoms with E-state index in [1.54, 1.807) is 6.33 Å². The molecular formula is C17H19N5O. The number of nitrogens with zero attached hydrogens (tertiary/aromatic N) is 4. The van der Waals surface area contributed by atoms with Gasteiger partial charge in [-0.25, -0.2) is 9.97 Å². The molecule has 6 heteroatoms. The number of imidazole rings is 2. The zero-order valence-corrected chi connectivity index (χ0v) is 13.1. The third-order valence-corrected chi connectivity index (χ3v) is 4.60. The lowest BCUT2D eigenvalue weighted by Gasteiger charge is -2.27. The minimum atomic E-state index is 0.0513. The second kappa shape index (κ2) is 5.53. The predicted octanol–water partition coefficient (Wildman–Crippen LogP) is 2.09. The summed E-state index contributed by atoms with van der Waals surface area (Å²) in [7, 11) is 1.88. The summed E-state index contributed by atoms with van der Waals surface area (Å²) in [4.78, 5) is 26.1. The number of nitrogens with one attached hydrogen (secondary N) is 1. The summed E-state index contributed by atoms with van der Waals surface area (Å²) < 4.78 is 2.20. The third kappa shape index (κ3) is 2.60. The van der Waals surface area contributed by atoms with E-state index in [4.69, 9.17) is 0 Å². The Balaban J connectivity index is 1.46. The smallest absolute Gasteiger partial charge is 0.253 e. The number of hydrogen-bond donors (Lipinski definition) is 1. The SMILES string of the molecule is CN(CC1CCn2ccnc2C1)C(=O)c1ccc2nc[nH]c2c1. The highest BCUT2D eigenvalue weighted by atomic mass is 16.2. The average molecular weight is 309 g/mol. The highest BCUT2D eigenvalue weighted by Gasteiger charge is 2.22. The lowest BCUT2D eigenvalue weighted by Crippen LogP contribution is -2.35. The van der Waals surface area contributed by atoms with Crippen molar-refractivity contribution in [2.24, 2.45) is 5.92 Å². The van der Waals surface area contributed by atoms with Crippen molar-refractivity contribution in [3.8, 4) is 0 Å². The van der Waals surface area contributed by atoms with E-state index in [9.17, 15) is 4.79 Å². The number of carbonyl (C=O) groups is 1. The number of benzene rings is 1. The molecular weight excluding hydrogens is 290 g/mol. The van der Waals surface area contributed by atoms with Crippen molar-refractivity contribution in [2.75, 3.05) is 13.6 Å². The first-order chi connectivity index (χ1) is 11.2. The van der Waals surface area contributed by atoms with E-state index in [1.807, 2.05) is 42.5 Å². The van der Waals surface area contributed by atoms with Crippen molar-refractivity contribution in [1.29, 1.82) is 0 Å². The van der Waals surface area contributed by atoms with E-state index in [1.165, 1.54) is 0 Å². The Kier molecular flexibility index (Phi) is 3.37. The van der Waals surface area contributed by atoms with Gasteiger partial charge in [0.05, 0.1) is 17.4 Å². The van der Waals surface area contributed by atoms with Crippen LogP contribution in [0.5, 0.6) is 0 Å². The minimum Gasteiger partial charge on any atom is -0.345 e. The van der Waals surface area contributed by atoms with E-state index < -0.39 is 0 Å². The standard InChI is InChI=1S/C17H19N5O/c1-21(10-12-4-6-22-7-5-18-16(22)8-12)17(23)13-2-3-14-15(9-13)20-11-19-14/h2-3,5,7,9,11-12H,4,6,8,10H2,1H3,(H,19,20). The van der Waals surface area contributed by atoms with Gasteiger partial charge in [-0.05, 0) is 30.5 Å². The molecule has 0 saturated carbocycles. The van der Waals surface area contributed by atoms with Gasteiger partial charge in [0.2, 0.25) is 0 Å². The van der Waals surface area contributed by atoms with Crippen LogP contribution in [0.4, 0.5) is 0 Å². The molecule has 0 fully saturated rings. The number of H-pyrrole nitrogens is 1. The topological polar surface area (TPSA) is 66.8 Å². The zero-order chi connectivity index (χ0) is 15.8. The number of aromatic nitrogens is 4. The molecule has 0 bridgehead atoms. The molecule has 3 aromatic rings. The molecule has 1 aliphatic rings. The molecule has 0 spiro atoms. The average Bonchev–Trinajstić information content (AvgIpc) is 3.21. The fourth-order valence-corrected chi connectivity index (χ4v) is 3.33. The number of aromatic amines is 1. The van der Waals surface area contributed by atoms with Gasteiger partial charge in [0.15, 0.2) is 0 Å². The normalized spacial score (nSPS) is 17.2. The van der Waals surface area contributed by atoms with E-state index in [0.29, 0.717) is 11.5 Å². The molecule has 0 aliphatic carbocycles. The quantitative estimate of drug-likeness (QED) is 0.805. The highest BCUT2D eigenvalue weighted by Crippen LogP contribution is 2.21. The molecule has 1 aromatic carbocycles. The van der Waals surface area contributed by atoms with Gasteiger partial charge in [0, 0.05) is 44.5 Å². The number of aryl methyl sites for hydroxylation is 1. The Bertz CT molecular complexity index is 849. The summed E-state index contributed by atoms with van der Waals surface area (Å²) in [5.74, 6) is 1.64. The van der Waals surface area contributed by atoms with Gasteiger partial charge in [0.25, 0.3) is 5.91 Å². The number of rotatable bonds is 3. The Morgan fingerprint density at radius 3 is 3.26 bits per heavy atom. The maximum atomic E-state index is 12.7. The van der Waals surface area contributed by atoms with Gasteiger partial charge in [-0.2, -0.15) is 0 Å². The summed E-state index contributed by atoms with van der Waals surface area (Å²) in [5, 5.41) is 0. The molecule has 1 unspecified atom stereocenters. The number of amides is 1. The number of fused-ring (bicyclic) bond motifs is 2. The maximum absolute atomic E-state index is 12.7. The molecule has 1 amide bonds. The number of carbonyl (C=O) groups excluding carboxylic acids is 1. The fourth-order valence-electron chi connectivity index (χ4n) is 3.33. The number of hydrogen-bond acceptors (Lipinski definition) is 3. The van der Waals surface area contributed by atoms with E-state index >= 15 is 0 Å². The van der Waals surface area contributed by atoms with E-state index in [-0.39, 0.29) is 5.91 Å². The molecule has 0 saturated heterocycles. The maximum Gasteiger partial charge on any atom is 0.253 e. The molecule has 23 heavy (non-hydrogen) atoms. The zero-order valence-electron chi connectivity index (χ0n) is 13.1. The predicted molar refractivity (Wildman–Crippen MR) is 87.1 cm³/mol. The van der Waals surface area contributed by atoms with Gasteiger partial charge in [-0.1, -0.05) is 0 Å². The van der Waals surface area contributed by atoms with Crippen LogP contribution < -0.4 is 0 Å². The summed E-state index contributed by atoms with van der Waals surface area (Å²) in [6, 6.07) is 5.59. The molecule has 1 aliphatic heterocycles. The van der Waals surface area contributed by atoms with Gasteiger partial charge in [-0.3, -0.25) is 4.79 Å². The van der Waals surface area contributed by atoms with Crippen molar-refractivity contribution >= 4 is 16.9 Å². The molecule has 1 N–H and O–H groups in total. The van der Waals surface area contributed by atoms with Crippen LogP contribution in [-0.2, 0) is 13.0 Å². The Morgan fingerprint density at radius 2 is 2.35 bits per heavy atom. The van der Waals surface area contributed by atoms with Crippen LogP contribution in [-0.4, -0.2) is 43.9 Å². The second-order valence-corrected chi connectivity index (χ2v) is 6.22. The summed E-state index contributed by atoms with van der Waals surface area (Å²) in [5.41, 5.74) is 2.47. The Labute approximate surface area is 134 Å². The van der Waals surface area contributed by atoms with Crippen molar-refractivity contribution in [3.05, 3.63) is 48.3 Å². The molecule has 6 nitrogen and oxygen atoms in total. The van der Waals surface area contributed by atoms with Crippen molar-refractivity contribution in [2.45, 2.75) is 19.4 Å². The molecule has 2 aromatic heterocycles. The van der Waals surface area contributed by atoms with Gasteiger partial charge >= 0.3 is 0 Å². The summed E-state index contributed by atoms with van der Waals surface area (Å²) in [6.45, 7) is 1.74. The Hall–Kier alpha value is -2.63. The van der Waals surface area contributed by atoms with Crippen LogP contribution in [0.15, 0.2) is 36.9 Å². The summed E-state index contributed by atoms with van der Waals surface area (Å²) >= 11 is 0. The molecule has 3 heterocycles. The largest absolute Gasteiger partial charge is 0.345 e. The molecule has 1 atom stereocenters. The van der Waals surface area contributed by atoms with Gasteiger partial charge in [-0.15, -0.1) is 0 Å². The fraction of sp³-hybridized carbons (Fsp3) is 0.353. The highest BCUT2D eigenvalue weighted by molar-refractivity contribution is 5.97. The first-order valence-electron chi connectivity index (χ1n) is 7.89. The molecule has 4 rings (SSSR count). The van der Waals surface area contributed by atoms with Crippen LogP contribution in [0, 0.1) is 5.92 Å². The lowest BCUT2D eigenvalue weighted by molar-refractivity contribution is 0.0764. The molecule has 0 radical (unpaired) electrons. The third-order valence-electron chi connectivity index (χ3n) is 4.60. The van der Waals surface area contributed by atoms with Gasteiger partial charge < -0.3 is 14.5 Å². The van der Waals surface area contributed by atoms with Crippen LogP contribution in [0.25, 0.3) is 11.0 Å². The van der Waals surface area contributed by atoms with E-state index in [0.717, 1.165) is 42.8 Å². The first-order valence-corrected chi connectivity index (χ1v) is 7.89. The second-order valence-electron chi connectivity index (χ2n) is 6.22. The lowest BCUT2D eigenvalue weighted by atomic mass is 9.97. The van der Waals surface area contributed by atoms with Gasteiger partial charge in [0.1, 0.15) is 5.82 Å². The van der Waals surface area contributed by atoms with Crippen molar-refractivity contribution in [3.63, 3.8) is 0 Å². The summed E-state index contributed by atoms with van der Waals surface area (Å²) in [6.07, 6.45) is 7.55. The van der Waals surface area contributed by atoms with Crippen molar-refractivity contribution in [1.82, 2.24) is 24.4 Å². The minimum absolute atomic E-state index is 0.0513. The Morgan fingerprint density at radius 1 is 1.43 bits per heavy atom. The first kappa shape index (κ1) is 14.0. The van der Waals surface area contributed by atoms with Crippen molar-refractivity contribution < 1.29 is 4.79 Å². The monoisotopic (exact) mass is 309 g/mol. The van der Waals surface area contributed by atoms with Crippen LogP contribution >= 0.6 is 0 Å².